The molecule has 0 radical (unpaired) electrons. The number of aliphatic hydroxyl groups excluding tert-OH is 1. The fourth-order valence-electron chi connectivity index (χ4n) is 1.22. The number of hydrogen-bond donors (Lipinski definition) is 1. The van der Waals surface area contributed by atoms with Gasteiger partial charge in [0.05, 0.1) is 6.61 Å². The summed E-state index contributed by atoms with van der Waals surface area (Å²) in [6.07, 6.45) is 0.355. The molecule has 1 heterocycles. The van der Waals surface area contributed by atoms with Crippen LogP contribution in [0.3, 0.4) is 0 Å². The van der Waals surface area contributed by atoms with Gasteiger partial charge in [0.15, 0.2) is 6.61 Å². The van der Waals surface area contributed by atoms with Crippen molar-refractivity contribution in [3.8, 4) is 5.75 Å². The van der Waals surface area contributed by atoms with Gasteiger partial charge in [0.2, 0.25) is 5.89 Å². The molecule has 0 saturated heterocycles. The fourth-order valence-corrected chi connectivity index (χ4v) is 1.35. The summed E-state index contributed by atoms with van der Waals surface area (Å²) in [5.74, 6) is 1.46. The molecule has 6 heteroatoms. The molecule has 0 aliphatic carbocycles. The van der Waals surface area contributed by atoms with E-state index in [4.69, 9.17) is 25.9 Å². The van der Waals surface area contributed by atoms with Crippen molar-refractivity contribution in [2.24, 2.45) is 0 Å². The van der Waals surface area contributed by atoms with Crippen LogP contribution in [0.1, 0.15) is 11.8 Å². The first-order chi connectivity index (χ1) is 8.28. The number of benzene rings is 1. The van der Waals surface area contributed by atoms with Crippen molar-refractivity contribution in [1.29, 1.82) is 0 Å². The van der Waals surface area contributed by atoms with Crippen LogP contribution in [0.2, 0.25) is 5.02 Å². The Kier molecular flexibility index (Phi) is 3.95. The van der Waals surface area contributed by atoms with Crippen LogP contribution in [0.15, 0.2) is 28.7 Å². The van der Waals surface area contributed by atoms with E-state index in [-0.39, 0.29) is 13.2 Å². The van der Waals surface area contributed by atoms with Crippen LogP contribution >= 0.6 is 11.6 Å². The van der Waals surface area contributed by atoms with Gasteiger partial charge in [-0.3, -0.25) is 0 Å². The lowest BCUT2D eigenvalue weighted by Gasteiger charge is -2.02. The van der Waals surface area contributed by atoms with Crippen molar-refractivity contribution < 1.29 is 14.3 Å². The SMILES string of the molecule is OCCc1nnc(COc2ccc(Cl)cc2)o1. The van der Waals surface area contributed by atoms with E-state index in [2.05, 4.69) is 10.2 Å². The molecule has 0 aliphatic heterocycles. The second-order valence-electron chi connectivity index (χ2n) is 3.31. The van der Waals surface area contributed by atoms with Crippen LogP contribution < -0.4 is 4.74 Å². The summed E-state index contributed by atoms with van der Waals surface area (Å²) in [6.45, 7) is 0.180. The van der Waals surface area contributed by atoms with E-state index in [0.717, 1.165) is 0 Å². The first kappa shape index (κ1) is 11.9. The van der Waals surface area contributed by atoms with Crippen LogP contribution in [0.5, 0.6) is 5.75 Å². The molecular weight excluding hydrogens is 244 g/mol. The maximum absolute atomic E-state index is 8.69. The van der Waals surface area contributed by atoms with E-state index in [1.807, 2.05) is 0 Å². The molecule has 1 aromatic heterocycles. The Morgan fingerprint density at radius 1 is 1.18 bits per heavy atom. The minimum Gasteiger partial charge on any atom is -0.484 e. The number of ether oxygens (including phenoxy) is 1. The summed E-state index contributed by atoms with van der Waals surface area (Å²) in [7, 11) is 0. The van der Waals surface area contributed by atoms with Crippen molar-refractivity contribution in [3.05, 3.63) is 41.1 Å². The van der Waals surface area contributed by atoms with Crippen LogP contribution in [-0.4, -0.2) is 21.9 Å². The molecule has 0 atom stereocenters. The number of aliphatic hydroxyl groups is 1. The third-order valence-electron chi connectivity index (χ3n) is 2.01. The van der Waals surface area contributed by atoms with Crippen molar-refractivity contribution in [3.63, 3.8) is 0 Å². The topological polar surface area (TPSA) is 68.4 Å². The number of nitrogens with zero attached hydrogens (tertiary/aromatic N) is 2. The molecule has 2 aromatic rings. The zero-order valence-corrected chi connectivity index (χ0v) is 9.72. The van der Waals surface area contributed by atoms with E-state index in [1.165, 1.54) is 0 Å². The lowest BCUT2D eigenvalue weighted by Crippen LogP contribution is -1.95. The number of aromatic nitrogens is 2. The average molecular weight is 255 g/mol. The molecule has 1 N–H and O–H groups in total. The monoisotopic (exact) mass is 254 g/mol. The number of hydrogen-bond acceptors (Lipinski definition) is 5. The van der Waals surface area contributed by atoms with Gasteiger partial charge in [-0.2, -0.15) is 0 Å². The Hall–Kier alpha value is -1.59. The Bertz CT molecular complexity index is 470. The summed E-state index contributed by atoms with van der Waals surface area (Å²) in [6, 6.07) is 6.99. The van der Waals surface area contributed by atoms with Gasteiger partial charge in [-0.25, -0.2) is 0 Å². The van der Waals surface area contributed by atoms with Gasteiger partial charge in [-0.05, 0) is 24.3 Å². The molecule has 1 aromatic carbocycles. The van der Waals surface area contributed by atoms with Gasteiger partial charge >= 0.3 is 0 Å². The highest BCUT2D eigenvalue weighted by Gasteiger charge is 2.06. The molecule has 0 fully saturated rings. The van der Waals surface area contributed by atoms with E-state index in [1.54, 1.807) is 24.3 Å². The maximum Gasteiger partial charge on any atom is 0.253 e. The smallest absolute Gasteiger partial charge is 0.253 e. The Balaban J connectivity index is 1.90. The largest absolute Gasteiger partial charge is 0.484 e. The second kappa shape index (κ2) is 5.65. The van der Waals surface area contributed by atoms with Crippen molar-refractivity contribution in [2.75, 3.05) is 6.61 Å². The molecule has 0 bridgehead atoms. The van der Waals surface area contributed by atoms with Crippen LogP contribution in [0.4, 0.5) is 0 Å². The summed E-state index contributed by atoms with van der Waals surface area (Å²) in [5, 5.41) is 16.9. The fraction of sp³-hybridized carbons (Fsp3) is 0.273. The highest BCUT2D eigenvalue weighted by molar-refractivity contribution is 6.30. The predicted octanol–water partition coefficient (Wildman–Crippen LogP) is 1.84. The highest BCUT2D eigenvalue weighted by atomic mass is 35.5. The predicted molar refractivity (Wildman–Crippen MR) is 60.9 cm³/mol. The number of halogens is 1. The highest BCUT2D eigenvalue weighted by Crippen LogP contribution is 2.16. The van der Waals surface area contributed by atoms with Crippen LogP contribution in [0.25, 0.3) is 0 Å². The molecule has 0 unspecified atom stereocenters. The summed E-state index contributed by atoms with van der Waals surface area (Å²) in [4.78, 5) is 0. The van der Waals surface area contributed by atoms with Crippen molar-refractivity contribution in [1.82, 2.24) is 10.2 Å². The number of rotatable bonds is 5. The van der Waals surface area contributed by atoms with Crippen LogP contribution in [0, 0.1) is 0 Å². The molecule has 0 saturated carbocycles. The first-order valence-corrected chi connectivity index (χ1v) is 5.46. The van der Waals surface area contributed by atoms with Gasteiger partial charge in [0, 0.05) is 11.4 Å². The van der Waals surface area contributed by atoms with Gasteiger partial charge < -0.3 is 14.3 Å². The Morgan fingerprint density at radius 2 is 1.88 bits per heavy atom. The molecule has 5 nitrogen and oxygen atoms in total. The molecule has 90 valence electrons. The van der Waals surface area contributed by atoms with E-state index in [9.17, 15) is 0 Å². The Morgan fingerprint density at radius 3 is 2.59 bits per heavy atom. The quantitative estimate of drug-likeness (QED) is 0.882. The summed E-state index contributed by atoms with van der Waals surface area (Å²) in [5.41, 5.74) is 0. The van der Waals surface area contributed by atoms with Crippen molar-refractivity contribution >= 4 is 11.6 Å². The molecule has 0 spiro atoms. The minimum absolute atomic E-state index is 0.0142. The average Bonchev–Trinajstić information content (AvgIpc) is 2.77. The maximum atomic E-state index is 8.69. The molecule has 2 rings (SSSR count). The van der Waals surface area contributed by atoms with Crippen molar-refractivity contribution in [2.45, 2.75) is 13.0 Å². The zero-order valence-electron chi connectivity index (χ0n) is 8.97. The third-order valence-corrected chi connectivity index (χ3v) is 2.26. The Labute approximate surface area is 103 Å². The lowest BCUT2D eigenvalue weighted by molar-refractivity contribution is 0.250. The normalized spacial score (nSPS) is 10.5. The van der Waals surface area contributed by atoms with Crippen LogP contribution in [-0.2, 0) is 13.0 Å². The third kappa shape index (κ3) is 3.44. The summed E-state index contributed by atoms with van der Waals surface area (Å²) >= 11 is 5.75. The molecular formula is C11H11ClN2O3. The molecule has 0 amide bonds. The zero-order chi connectivity index (χ0) is 12.1. The van der Waals surface area contributed by atoms with E-state index < -0.39 is 0 Å². The second-order valence-corrected chi connectivity index (χ2v) is 3.74. The minimum atomic E-state index is -0.0142. The van der Waals surface area contributed by atoms with Gasteiger partial charge in [0.25, 0.3) is 5.89 Å². The molecule has 17 heavy (non-hydrogen) atoms. The molecule has 0 aliphatic rings. The van der Waals surface area contributed by atoms with Gasteiger partial charge in [0.1, 0.15) is 5.75 Å². The van der Waals surface area contributed by atoms with E-state index in [0.29, 0.717) is 29.0 Å². The van der Waals surface area contributed by atoms with Gasteiger partial charge in [-0.1, -0.05) is 11.6 Å². The van der Waals surface area contributed by atoms with E-state index >= 15 is 0 Å². The first-order valence-electron chi connectivity index (χ1n) is 5.08. The summed E-state index contributed by atoms with van der Waals surface area (Å²) < 4.78 is 10.7. The standard InChI is InChI=1S/C11H11ClN2O3/c12-8-1-3-9(4-2-8)16-7-11-14-13-10(17-11)5-6-15/h1-4,15H,5-7H2. The lowest BCUT2D eigenvalue weighted by atomic mass is 10.3. The van der Waals surface area contributed by atoms with Gasteiger partial charge in [-0.15, -0.1) is 10.2 Å².